The maximum atomic E-state index is 4.30. The smallest absolute Gasteiger partial charge is 0.0537 e. The molecule has 2 rings (SSSR count). The minimum absolute atomic E-state index is 0.488. The molecular formula is C14H25N3. The van der Waals surface area contributed by atoms with Crippen LogP contribution in [-0.4, -0.2) is 16.8 Å². The number of hydrogen-bond donors (Lipinski definition) is 1. The van der Waals surface area contributed by atoms with Gasteiger partial charge in [0, 0.05) is 24.8 Å². The lowest BCUT2D eigenvalue weighted by molar-refractivity contribution is 0.299. The molecule has 1 heterocycles. The standard InChI is InChI=1S/C14H25N3/c1-15-14(13-10-16-17(2)11-13)12-8-6-4-3-5-7-9-12/h10-12,14-15H,3-9H2,1-2H3. The number of aryl methyl sites for hydroxylation is 1. The van der Waals surface area contributed by atoms with Gasteiger partial charge in [-0.05, 0) is 25.8 Å². The van der Waals surface area contributed by atoms with Gasteiger partial charge in [-0.15, -0.1) is 0 Å². The molecule has 1 atom stereocenters. The van der Waals surface area contributed by atoms with E-state index in [1.165, 1.54) is 50.5 Å². The quantitative estimate of drug-likeness (QED) is 0.872. The summed E-state index contributed by atoms with van der Waals surface area (Å²) >= 11 is 0. The van der Waals surface area contributed by atoms with E-state index in [9.17, 15) is 0 Å². The summed E-state index contributed by atoms with van der Waals surface area (Å²) in [5.41, 5.74) is 1.35. The summed E-state index contributed by atoms with van der Waals surface area (Å²) in [7, 11) is 4.07. The van der Waals surface area contributed by atoms with E-state index in [1.807, 2.05) is 17.9 Å². The Morgan fingerprint density at radius 3 is 2.41 bits per heavy atom. The largest absolute Gasteiger partial charge is 0.313 e. The van der Waals surface area contributed by atoms with Gasteiger partial charge in [-0.3, -0.25) is 4.68 Å². The third kappa shape index (κ3) is 3.32. The van der Waals surface area contributed by atoms with Crippen molar-refractivity contribution in [3.63, 3.8) is 0 Å². The molecule has 1 fully saturated rings. The predicted octanol–water partition coefficient (Wildman–Crippen LogP) is 3.04. The lowest BCUT2D eigenvalue weighted by Crippen LogP contribution is -2.25. The highest BCUT2D eigenvalue weighted by atomic mass is 15.2. The highest BCUT2D eigenvalue weighted by Crippen LogP contribution is 2.32. The topological polar surface area (TPSA) is 29.9 Å². The van der Waals surface area contributed by atoms with E-state index in [0.717, 1.165) is 5.92 Å². The van der Waals surface area contributed by atoms with Crippen LogP contribution in [0.4, 0.5) is 0 Å². The summed E-state index contributed by atoms with van der Waals surface area (Å²) < 4.78 is 1.91. The van der Waals surface area contributed by atoms with E-state index in [0.29, 0.717) is 6.04 Å². The second-order valence-corrected chi connectivity index (χ2v) is 5.32. The summed E-state index contributed by atoms with van der Waals surface area (Å²) in [5.74, 6) is 0.782. The molecule has 1 aliphatic rings. The zero-order valence-corrected chi connectivity index (χ0v) is 11.2. The molecule has 1 N–H and O–H groups in total. The second-order valence-electron chi connectivity index (χ2n) is 5.32. The fraction of sp³-hybridized carbons (Fsp3) is 0.786. The Kier molecular flexibility index (Phi) is 4.60. The molecule has 1 aromatic heterocycles. The monoisotopic (exact) mass is 235 g/mol. The highest BCUT2D eigenvalue weighted by molar-refractivity contribution is 5.11. The Morgan fingerprint density at radius 1 is 1.24 bits per heavy atom. The SMILES string of the molecule is CNC(c1cnn(C)c1)C1CCCCCCC1. The molecule has 1 saturated carbocycles. The van der Waals surface area contributed by atoms with Gasteiger partial charge >= 0.3 is 0 Å². The van der Waals surface area contributed by atoms with Crippen LogP contribution in [0, 0.1) is 5.92 Å². The van der Waals surface area contributed by atoms with Crippen LogP contribution in [0.5, 0.6) is 0 Å². The van der Waals surface area contributed by atoms with Gasteiger partial charge in [-0.2, -0.15) is 5.10 Å². The minimum atomic E-state index is 0.488. The Morgan fingerprint density at radius 2 is 1.88 bits per heavy atom. The summed E-state index contributed by atoms with van der Waals surface area (Å²) in [4.78, 5) is 0. The summed E-state index contributed by atoms with van der Waals surface area (Å²) in [6.45, 7) is 0. The van der Waals surface area contributed by atoms with E-state index in [1.54, 1.807) is 0 Å². The molecule has 3 heteroatoms. The maximum absolute atomic E-state index is 4.30. The molecule has 0 bridgehead atoms. The van der Waals surface area contributed by atoms with Crippen molar-refractivity contribution in [2.75, 3.05) is 7.05 Å². The van der Waals surface area contributed by atoms with Gasteiger partial charge in [0.05, 0.1) is 6.20 Å². The molecule has 3 nitrogen and oxygen atoms in total. The Balaban J connectivity index is 2.05. The van der Waals surface area contributed by atoms with Gasteiger partial charge < -0.3 is 5.32 Å². The van der Waals surface area contributed by atoms with Crippen LogP contribution in [-0.2, 0) is 7.05 Å². The molecule has 0 spiro atoms. The van der Waals surface area contributed by atoms with Gasteiger partial charge in [-0.1, -0.05) is 32.1 Å². The molecule has 96 valence electrons. The third-order valence-corrected chi connectivity index (χ3v) is 4.02. The molecule has 0 saturated heterocycles. The lowest BCUT2D eigenvalue weighted by atomic mass is 9.84. The first-order valence-corrected chi connectivity index (χ1v) is 6.97. The number of nitrogens with zero attached hydrogens (tertiary/aromatic N) is 2. The number of hydrogen-bond acceptors (Lipinski definition) is 2. The van der Waals surface area contributed by atoms with Crippen LogP contribution in [0.1, 0.15) is 56.6 Å². The van der Waals surface area contributed by atoms with E-state index in [4.69, 9.17) is 0 Å². The van der Waals surface area contributed by atoms with Gasteiger partial charge in [0.25, 0.3) is 0 Å². The van der Waals surface area contributed by atoms with Crippen molar-refractivity contribution in [3.05, 3.63) is 18.0 Å². The molecule has 1 aromatic rings. The third-order valence-electron chi connectivity index (χ3n) is 4.02. The van der Waals surface area contributed by atoms with Crippen molar-refractivity contribution in [1.29, 1.82) is 0 Å². The highest BCUT2D eigenvalue weighted by Gasteiger charge is 2.23. The van der Waals surface area contributed by atoms with Gasteiger partial charge in [-0.25, -0.2) is 0 Å². The normalized spacial score (nSPS) is 20.8. The zero-order valence-electron chi connectivity index (χ0n) is 11.2. The van der Waals surface area contributed by atoms with Crippen LogP contribution in [0.2, 0.25) is 0 Å². The molecular weight excluding hydrogens is 210 g/mol. The summed E-state index contributed by atoms with van der Waals surface area (Å²) in [6, 6.07) is 0.488. The second kappa shape index (κ2) is 6.20. The first-order valence-electron chi connectivity index (χ1n) is 6.97. The van der Waals surface area contributed by atoms with Gasteiger partial charge in [0.15, 0.2) is 0 Å². The average molecular weight is 235 g/mol. The molecule has 17 heavy (non-hydrogen) atoms. The Bertz CT molecular complexity index is 324. The van der Waals surface area contributed by atoms with Gasteiger partial charge in [0.1, 0.15) is 0 Å². The minimum Gasteiger partial charge on any atom is -0.313 e. The summed E-state index contributed by atoms with van der Waals surface area (Å²) in [5, 5.41) is 7.80. The van der Waals surface area contributed by atoms with Crippen LogP contribution < -0.4 is 5.32 Å². The van der Waals surface area contributed by atoms with Crippen molar-refractivity contribution in [2.24, 2.45) is 13.0 Å². The molecule has 0 aliphatic heterocycles. The average Bonchev–Trinajstić information content (AvgIpc) is 2.68. The van der Waals surface area contributed by atoms with Crippen molar-refractivity contribution in [1.82, 2.24) is 15.1 Å². The molecule has 0 radical (unpaired) electrons. The fourth-order valence-corrected chi connectivity index (χ4v) is 3.10. The molecule has 0 aromatic carbocycles. The first-order chi connectivity index (χ1) is 8.31. The van der Waals surface area contributed by atoms with Crippen molar-refractivity contribution >= 4 is 0 Å². The zero-order chi connectivity index (χ0) is 12.1. The van der Waals surface area contributed by atoms with E-state index in [-0.39, 0.29) is 0 Å². The number of aromatic nitrogens is 2. The van der Waals surface area contributed by atoms with E-state index in [2.05, 4.69) is 23.7 Å². The Hall–Kier alpha value is -0.830. The number of nitrogens with one attached hydrogen (secondary N) is 1. The van der Waals surface area contributed by atoms with Crippen molar-refractivity contribution < 1.29 is 0 Å². The Labute approximate surface area is 105 Å². The molecule has 0 amide bonds. The van der Waals surface area contributed by atoms with Crippen LogP contribution in [0.25, 0.3) is 0 Å². The predicted molar refractivity (Wildman–Crippen MR) is 70.8 cm³/mol. The van der Waals surface area contributed by atoms with Crippen LogP contribution in [0.15, 0.2) is 12.4 Å². The number of rotatable bonds is 3. The lowest BCUT2D eigenvalue weighted by Gasteiger charge is -2.27. The fourth-order valence-electron chi connectivity index (χ4n) is 3.10. The first kappa shape index (κ1) is 12.6. The summed E-state index contributed by atoms with van der Waals surface area (Å²) in [6.07, 6.45) is 13.9. The maximum Gasteiger partial charge on any atom is 0.0537 e. The molecule has 1 unspecified atom stereocenters. The molecule has 1 aliphatic carbocycles. The van der Waals surface area contributed by atoms with Crippen LogP contribution >= 0.6 is 0 Å². The van der Waals surface area contributed by atoms with E-state index < -0.39 is 0 Å². The van der Waals surface area contributed by atoms with Crippen molar-refractivity contribution in [2.45, 2.75) is 51.0 Å². The van der Waals surface area contributed by atoms with Crippen LogP contribution in [0.3, 0.4) is 0 Å². The van der Waals surface area contributed by atoms with Gasteiger partial charge in [0.2, 0.25) is 0 Å². The van der Waals surface area contributed by atoms with E-state index >= 15 is 0 Å². The van der Waals surface area contributed by atoms with Crippen molar-refractivity contribution in [3.8, 4) is 0 Å².